The van der Waals surface area contributed by atoms with Gasteiger partial charge in [0.1, 0.15) is 6.04 Å². The summed E-state index contributed by atoms with van der Waals surface area (Å²) in [5, 5.41) is 12.8. The largest absolute Gasteiger partial charge is 0.476 e. The van der Waals surface area contributed by atoms with Crippen LogP contribution in [0.2, 0.25) is 0 Å². The van der Waals surface area contributed by atoms with Gasteiger partial charge < -0.3 is 15.7 Å². The van der Waals surface area contributed by atoms with E-state index >= 15 is 0 Å². The van der Waals surface area contributed by atoms with Crippen LogP contribution in [0.5, 0.6) is 0 Å². The van der Waals surface area contributed by atoms with Gasteiger partial charge in [-0.1, -0.05) is 12.8 Å². The molecule has 110 valence electrons. The Morgan fingerprint density at radius 1 is 1.30 bits per heavy atom. The van der Waals surface area contributed by atoms with Crippen LogP contribution >= 0.6 is 0 Å². The molecule has 2 heterocycles. The Balaban J connectivity index is 2.13. The van der Waals surface area contributed by atoms with Crippen LogP contribution in [0.4, 0.5) is 5.69 Å². The van der Waals surface area contributed by atoms with Crippen molar-refractivity contribution in [2.24, 2.45) is 0 Å². The van der Waals surface area contributed by atoms with Crippen LogP contribution in [0.1, 0.15) is 49.1 Å². The number of rotatable bonds is 3. The van der Waals surface area contributed by atoms with Crippen LogP contribution < -0.4 is 5.73 Å². The molecule has 7 heteroatoms. The molecule has 0 aromatic carbocycles. The van der Waals surface area contributed by atoms with E-state index in [0.29, 0.717) is 0 Å². The lowest BCUT2D eigenvalue weighted by molar-refractivity contribution is -0.134. The van der Waals surface area contributed by atoms with Crippen LogP contribution in [0.15, 0.2) is 6.20 Å². The van der Waals surface area contributed by atoms with Crippen LogP contribution in [-0.2, 0) is 4.79 Å². The zero-order valence-corrected chi connectivity index (χ0v) is 11.6. The lowest BCUT2D eigenvalue weighted by Gasteiger charge is -2.24. The molecule has 0 spiro atoms. The topological polar surface area (TPSA) is 101 Å². The van der Waals surface area contributed by atoms with Gasteiger partial charge in [0, 0.05) is 19.3 Å². The molecule has 0 radical (unpaired) electrons. The molecule has 1 fully saturated rings. The molecule has 0 saturated carbocycles. The van der Waals surface area contributed by atoms with Gasteiger partial charge in [-0.05, 0) is 19.8 Å². The molecule has 1 amide bonds. The van der Waals surface area contributed by atoms with Gasteiger partial charge in [0.25, 0.3) is 0 Å². The predicted molar refractivity (Wildman–Crippen MR) is 73.4 cm³/mol. The van der Waals surface area contributed by atoms with Gasteiger partial charge in [0.05, 0.1) is 5.69 Å². The second-order valence-corrected chi connectivity index (χ2v) is 5.13. The second-order valence-electron chi connectivity index (χ2n) is 5.13. The molecule has 1 unspecified atom stereocenters. The maximum Gasteiger partial charge on any atom is 0.358 e. The Morgan fingerprint density at radius 2 is 1.90 bits per heavy atom. The number of aromatic carboxylic acids is 1. The number of hydrogen-bond donors (Lipinski definition) is 2. The number of hydrogen-bond acceptors (Lipinski definition) is 4. The fourth-order valence-electron chi connectivity index (χ4n) is 2.44. The van der Waals surface area contributed by atoms with Crippen LogP contribution in [-0.4, -0.2) is 44.8 Å². The Bertz CT molecular complexity index is 504. The minimum absolute atomic E-state index is 0.0358. The van der Waals surface area contributed by atoms with Gasteiger partial charge in [-0.2, -0.15) is 5.10 Å². The number of carboxylic acid groups (broad SMARTS) is 1. The molecule has 2 rings (SSSR count). The van der Waals surface area contributed by atoms with Gasteiger partial charge in [-0.15, -0.1) is 0 Å². The quantitative estimate of drug-likeness (QED) is 0.864. The number of carbonyl (C=O) groups excluding carboxylic acids is 1. The third-order valence-corrected chi connectivity index (χ3v) is 3.63. The number of nitrogens with two attached hydrogens (primary N) is 1. The molecule has 3 N–H and O–H groups in total. The monoisotopic (exact) mass is 280 g/mol. The summed E-state index contributed by atoms with van der Waals surface area (Å²) in [5.41, 5.74) is 5.46. The van der Waals surface area contributed by atoms with Crippen molar-refractivity contribution in [2.75, 3.05) is 18.8 Å². The average Bonchev–Trinajstić information content (AvgIpc) is 2.64. The molecule has 1 aliphatic heterocycles. The van der Waals surface area contributed by atoms with Crippen LogP contribution in [0, 0.1) is 0 Å². The van der Waals surface area contributed by atoms with E-state index in [1.165, 1.54) is 10.9 Å². The van der Waals surface area contributed by atoms with Crippen LogP contribution in [0.3, 0.4) is 0 Å². The van der Waals surface area contributed by atoms with E-state index in [2.05, 4.69) is 5.10 Å². The first-order chi connectivity index (χ1) is 9.50. The Hall–Kier alpha value is -2.05. The number of amides is 1. The van der Waals surface area contributed by atoms with E-state index in [0.717, 1.165) is 38.8 Å². The molecule has 1 saturated heterocycles. The highest BCUT2D eigenvalue weighted by atomic mass is 16.4. The number of carbonyl (C=O) groups is 2. The highest BCUT2D eigenvalue weighted by Gasteiger charge is 2.25. The number of aromatic nitrogens is 2. The number of carboxylic acids is 1. The van der Waals surface area contributed by atoms with Gasteiger partial charge in [-0.3, -0.25) is 9.48 Å². The summed E-state index contributed by atoms with van der Waals surface area (Å²) >= 11 is 0. The summed E-state index contributed by atoms with van der Waals surface area (Å²) in [7, 11) is 0. The zero-order valence-electron chi connectivity index (χ0n) is 11.6. The lowest BCUT2D eigenvalue weighted by atomic mass is 10.2. The first kappa shape index (κ1) is 14.4. The van der Waals surface area contributed by atoms with Crippen LogP contribution in [0.25, 0.3) is 0 Å². The molecule has 1 aliphatic rings. The fraction of sp³-hybridized carbons (Fsp3) is 0.615. The molecule has 1 aromatic heterocycles. The first-order valence-electron chi connectivity index (χ1n) is 6.87. The van der Waals surface area contributed by atoms with Crippen molar-refractivity contribution in [2.45, 2.75) is 38.6 Å². The van der Waals surface area contributed by atoms with Crippen molar-refractivity contribution < 1.29 is 14.7 Å². The standard InChI is InChI=1S/C13H20N4O3/c1-9(12(18)16-6-4-2-3-5-7-16)17-8-10(14)11(15-17)13(19)20/h8-9H,2-7,14H2,1H3,(H,19,20). The SMILES string of the molecule is CC(C(=O)N1CCCCCC1)n1cc(N)c(C(=O)O)n1. The highest BCUT2D eigenvalue weighted by molar-refractivity contribution is 5.91. The van der Waals surface area contributed by atoms with Crippen molar-refractivity contribution in [3.8, 4) is 0 Å². The Kier molecular flexibility index (Phi) is 4.26. The van der Waals surface area contributed by atoms with E-state index in [1.807, 2.05) is 4.90 Å². The molecule has 0 aliphatic carbocycles. The van der Waals surface area contributed by atoms with E-state index in [9.17, 15) is 9.59 Å². The smallest absolute Gasteiger partial charge is 0.358 e. The number of nitrogen functional groups attached to an aromatic ring is 1. The normalized spacial score (nSPS) is 17.6. The summed E-state index contributed by atoms with van der Waals surface area (Å²) in [4.78, 5) is 25.2. The first-order valence-corrected chi connectivity index (χ1v) is 6.87. The summed E-state index contributed by atoms with van der Waals surface area (Å²) in [6.07, 6.45) is 5.73. The molecule has 1 aromatic rings. The lowest BCUT2D eigenvalue weighted by Crippen LogP contribution is -2.37. The van der Waals surface area contributed by atoms with Crippen molar-refractivity contribution in [1.82, 2.24) is 14.7 Å². The molecular weight excluding hydrogens is 260 g/mol. The molecule has 20 heavy (non-hydrogen) atoms. The van der Waals surface area contributed by atoms with Crippen molar-refractivity contribution >= 4 is 17.6 Å². The summed E-state index contributed by atoms with van der Waals surface area (Å²) < 4.78 is 1.34. The van der Waals surface area contributed by atoms with Gasteiger partial charge >= 0.3 is 5.97 Å². The van der Waals surface area contributed by atoms with Crippen molar-refractivity contribution in [3.63, 3.8) is 0 Å². The maximum atomic E-state index is 12.4. The fourth-order valence-corrected chi connectivity index (χ4v) is 2.44. The van der Waals surface area contributed by atoms with E-state index in [-0.39, 0.29) is 17.3 Å². The van der Waals surface area contributed by atoms with Gasteiger partial charge in [0.15, 0.2) is 5.69 Å². The molecule has 0 bridgehead atoms. The number of likely N-dealkylation sites (tertiary alicyclic amines) is 1. The Morgan fingerprint density at radius 3 is 2.40 bits per heavy atom. The molecular formula is C13H20N4O3. The summed E-state index contributed by atoms with van der Waals surface area (Å²) in [6, 6.07) is -0.538. The summed E-state index contributed by atoms with van der Waals surface area (Å²) in [6.45, 7) is 3.22. The van der Waals surface area contributed by atoms with E-state index in [1.54, 1.807) is 6.92 Å². The zero-order chi connectivity index (χ0) is 14.7. The van der Waals surface area contributed by atoms with Gasteiger partial charge in [-0.25, -0.2) is 4.79 Å². The number of anilines is 1. The van der Waals surface area contributed by atoms with E-state index in [4.69, 9.17) is 10.8 Å². The molecule has 1 atom stereocenters. The predicted octanol–water partition coefficient (Wildman–Crippen LogP) is 1.13. The minimum Gasteiger partial charge on any atom is -0.476 e. The van der Waals surface area contributed by atoms with Crippen molar-refractivity contribution in [1.29, 1.82) is 0 Å². The van der Waals surface area contributed by atoms with E-state index < -0.39 is 12.0 Å². The molecule has 7 nitrogen and oxygen atoms in total. The maximum absolute atomic E-state index is 12.4. The highest BCUT2D eigenvalue weighted by Crippen LogP contribution is 2.18. The third kappa shape index (κ3) is 2.92. The third-order valence-electron chi connectivity index (χ3n) is 3.63. The van der Waals surface area contributed by atoms with Crippen molar-refractivity contribution in [3.05, 3.63) is 11.9 Å². The Labute approximate surface area is 117 Å². The number of nitrogens with zero attached hydrogens (tertiary/aromatic N) is 3. The van der Waals surface area contributed by atoms with Gasteiger partial charge in [0.2, 0.25) is 5.91 Å². The second kappa shape index (κ2) is 5.94. The summed E-state index contributed by atoms with van der Waals surface area (Å²) in [5.74, 6) is -1.22. The average molecular weight is 280 g/mol. The minimum atomic E-state index is -1.18.